The normalized spacial score (nSPS) is 14.9. The Bertz CT molecular complexity index is 336. The van der Waals surface area contributed by atoms with Crippen LogP contribution in [0, 0.1) is 6.92 Å². The maximum Gasteiger partial charge on any atom is 0.0710 e. The number of rotatable bonds is 4. The lowest BCUT2D eigenvalue weighted by Crippen LogP contribution is -2.25. The topological polar surface area (TPSA) is 46.2 Å². The molecular formula is C12H19NOS. The van der Waals surface area contributed by atoms with Gasteiger partial charge in [-0.05, 0) is 38.0 Å². The fourth-order valence-electron chi connectivity index (χ4n) is 1.11. The maximum atomic E-state index is 9.89. The van der Waals surface area contributed by atoms with Crippen molar-refractivity contribution in [2.45, 2.75) is 37.7 Å². The van der Waals surface area contributed by atoms with Gasteiger partial charge in [-0.1, -0.05) is 13.0 Å². The molecule has 3 N–H and O–H groups in total. The van der Waals surface area contributed by atoms with Gasteiger partial charge in [0.2, 0.25) is 0 Å². The molecule has 2 nitrogen and oxygen atoms in total. The highest BCUT2D eigenvalue weighted by atomic mass is 32.2. The molecule has 0 aliphatic rings. The van der Waals surface area contributed by atoms with Crippen LogP contribution in [0.1, 0.15) is 25.8 Å². The van der Waals surface area contributed by atoms with Crippen molar-refractivity contribution >= 4 is 17.4 Å². The number of aliphatic hydroxyl groups is 1. The van der Waals surface area contributed by atoms with Gasteiger partial charge in [0.15, 0.2) is 0 Å². The van der Waals surface area contributed by atoms with Crippen LogP contribution in [0.4, 0.5) is 5.69 Å². The van der Waals surface area contributed by atoms with Crippen LogP contribution in [0.5, 0.6) is 0 Å². The third-order valence-electron chi connectivity index (χ3n) is 2.51. The summed E-state index contributed by atoms with van der Waals surface area (Å²) in [6.45, 7) is 5.91. The van der Waals surface area contributed by atoms with Gasteiger partial charge in [0.25, 0.3) is 0 Å². The van der Waals surface area contributed by atoms with Crippen molar-refractivity contribution in [2.24, 2.45) is 0 Å². The zero-order valence-corrected chi connectivity index (χ0v) is 10.4. The van der Waals surface area contributed by atoms with Gasteiger partial charge in [0.1, 0.15) is 0 Å². The van der Waals surface area contributed by atoms with E-state index in [4.69, 9.17) is 5.73 Å². The van der Waals surface area contributed by atoms with Crippen molar-refractivity contribution in [3.05, 3.63) is 23.8 Å². The summed E-state index contributed by atoms with van der Waals surface area (Å²) in [6, 6.07) is 5.88. The Balaban J connectivity index is 2.69. The highest BCUT2D eigenvalue weighted by molar-refractivity contribution is 7.99. The van der Waals surface area contributed by atoms with Crippen molar-refractivity contribution in [3.8, 4) is 0 Å². The third kappa shape index (κ3) is 3.76. The summed E-state index contributed by atoms with van der Waals surface area (Å²) in [5.41, 5.74) is 7.11. The fraction of sp³-hybridized carbons (Fsp3) is 0.500. The molecule has 1 unspecified atom stereocenters. The summed E-state index contributed by atoms with van der Waals surface area (Å²) in [5.74, 6) is 0.702. The standard InChI is InChI=1S/C12H19NOS/c1-4-12(3,14)8-15-11-7-10(13)6-5-9(11)2/h5-7,14H,4,8,13H2,1-3H3. The zero-order valence-electron chi connectivity index (χ0n) is 9.58. The monoisotopic (exact) mass is 225 g/mol. The molecule has 1 aromatic carbocycles. The van der Waals surface area contributed by atoms with Crippen LogP contribution in [0.3, 0.4) is 0 Å². The van der Waals surface area contributed by atoms with Crippen molar-refractivity contribution in [3.63, 3.8) is 0 Å². The third-order valence-corrected chi connectivity index (χ3v) is 4.03. The Morgan fingerprint density at radius 3 is 2.73 bits per heavy atom. The highest BCUT2D eigenvalue weighted by Gasteiger charge is 2.17. The number of benzene rings is 1. The molecule has 0 aliphatic carbocycles. The first kappa shape index (κ1) is 12.4. The molecule has 1 atom stereocenters. The van der Waals surface area contributed by atoms with E-state index in [0.717, 1.165) is 17.0 Å². The van der Waals surface area contributed by atoms with Crippen LogP contribution >= 0.6 is 11.8 Å². The van der Waals surface area contributed by atoms with Crippen LogP contribution in [0.2, 0.25) is 0 Å². The van der Waals surface area contributed by atoms with Crippen molar-refractivity contribution in [1.82, 2.24) is 0 Å². The molecule has 0 radical (unpaired) electrons. The van der Waals surface area contributed by atoms with Gasteiger partial charge in [-0.3, -0.25) is 0 Å². The quantitative estimate of drug-likeness (QED) is 0.612. The Hall–Kier alpha value is -0.670. The lowest BCUT2D eigenvalue weighted by molar-refractivity contribution is 0.0816. The van der Waals surface area contributed by atoms with Crippen molar-refractivity contribution in [1.29, 1.82) is 0 Å². The first-order chi connectivity index (χ1) is 6.94. The molecule has 1 aromatic rings. The van der Waals surface area contributed by atoms with E-state index in [1.165, 1.54) is 5.56 Å². The van der Waals surface area contributed by atoms with E-state index in [0.29, 0.717) is 5.75 Å². The van der Waals surface area contributed by atoms with Gasteiger partial charge >= 0.3 is 0 Å². The minimum absolute atomic E-state index is 0.596. The second kappa shape index (κ2) is 4.90. The molecule has 0 spiro atoms. The first-order valence-electron chi connectivity index (χ1n) is 5.16. The number of nitrogens with two attached hydrogens (primary N) is 1. The Morgan fingerprint density at radius 1 is 1.47 bits per heavy atom. The van der Waals surface area contributed by atoms with Gasteiger partial charge in [0, 0.05) is 16.3 Å². The molecule has 0 bridgehead atoms. The first-order valence-corrected chi connectivity index (χ1v) is 6.14. The minimum Gasteiger partial charge on any atom is -0.399 e. The summed E-state index contributed by atoms with van der Waals surface area (Å²) in [4.78, 5) is 1.16. The van der Waals surface area contributed by atoms with Crippen LogP contribution < -0.4 is 5.73 Å². The molecular weight excluding hydrogens is 206 g/mol. The second-order valence-corrected chi connectivity index (χ2v) is 5.18. The van der Waals surface area contributed by atoms with Gasteiger partial charge in [0.05, 0.1) is 5.60 Å². The predicted octanol–water partition coefficient (Wildman–Crippen LogP) is 2.83. The van der Waals surface area contributed by atoms with E-state index < -0.39 is 5.60 Å². The summed E-state index contributed by atoms with van der Waals surface area (Å²) >= 11 is 1.66. The lowest BCUT2D eigenvalue weighted by Gasteiger charge is -2.21. The van der Waals surface area contributed by atoms with E-state index >= 15 is 0 Å². The minimum atomic E-state index is -0.596. The fourth-order valence-corrected chi connectivity index (χ4v) is 2.29. The number of thioether (sulfide) groups is 1. The van der Waals surface area contributed by atoms with Crippen LogP contribution in [0.25, 0.3) is 0 Å². The molecule has 0 fully saturated rings. The van der Waals surface area contributed by atoms with Crippen LogP contribution in [-0.2, 0) is 0 Å². The molecule has 84 valence electrons. The van der Waals surface area contributed by atoms with Gasteiger partial charge in [-0.15, -0.1) is 11.8 Å². The number of nitrogen functional groups attached to an aromatic ring is 1. The number of anilines is 1. The Morgan fingerprint density at radius 2 is 2.13 bits per heavy atom. The zero-order chi connectivity index (χ0) is 11.5. The molecule has 0 saturated carbocycles. The average Bonchev–Trinajstić information content (AvgIpc) is 2.20. The van der Waals surface area contributed by atoms with Crippen molar-refractivity contribution in [2.75, 3.05) is 11.5 Å². The average molecular weight is 225 g/mol. The molecule has 3 heteroatoms. The van der Waals surface area contributed by atoms with Crippen molar-refractivity contribution < 1.29 is 5.11 Å². The molecule has 15 heavy (non-hydrogen) atoms. The molecule has 0 aromatic heterocycles. The molecule has 0 amide bonds. The molecule has 0 heterocycles. The summed E-state index contributed by atoms with van der Waals surface area (Å²) in [6.07, 6.45) is 0.765. The Kier molecular flexibility index (Phi) is 4.05. The van der Waals surface area contributed by atoms with E-state index in [1.54, 1.807) is 11.8 Å². The highest BCUT2D eigenvalue weighted by Crippen LogP contribution is 2.28. The lowest BCUT2D eigenvalue weighted by atomic mass is 10.1. The number of hydrogen-bond acceptors (Lipinski definition) is 3. The summed E-state index contributed by atoms with van der Waals surface area (Å²) < 4.78 is 0. The van der Waals surface area contributed by atoms with Crippen LogP contribution in [0.15, 0.2) is 23.1 Å². The van der Waals surface area contributed by atoms with E-state index in [9.17, 15) is 5.11 Å². The van der Waals surface area contributed by atoms with E-state index in [2.05, 4.69) is 6.92 Å². The van der Waals surface area contributed by atoms with Gasteiger partial charge < -0.3 is 10.8 Å². The number of aryl methyl sites for hydroxylation is 1. The largest absolute Gasteiger partial charge is 0.399 e. The number of hydrogen-bond donors (Lipinski definition) is 2. The molecule has 0 aliphatic heterocycles. The molecule has 0 saturated heterocycles. The Labute approximate surface area is 95.9 Å². The van der Waals surface area contributed by atoms with Crippen LogP contribution in [-0.4, -0.2) is 16.5 Å². The second-order valence-electron chi connectivity index (χ2n) is 4.16. The maximum absolute atomic E-state index is 9.89. The smallest absolute Gasteiger partial charge is 0.0710 e. The summed E-state index contributed by atoms with van der Waals surface area (Å²) in [7, 11) is 0. The van der Waals surface area contributed by atoms with Gasteiger partial charge in [-0.2, -0.15) is 0 Å². The van der Waals surface area contributed by atoms with E-state index in [-0.39, 0.29) is 0 Å². The SMILES string of the molecule is CCC(C)(O)CSc1cc(N)ccc1C. The van der Waals surface area contributed by atoms with E-state index in [1.807, 2.05) is 32.0 Å². The summed E-state index contributed by atoms with van der Waals surface area (Å²) in [5, 5.41) is 9.89. The van der Waals surface area contributed by atoms with Gasteiger partial charge in [-0.25, -0.2) is 0 Å². The molecule has 1 rings (SSSR count). The predicted molar refractivity (Wildman–Crippen MR) is 67.2 cm³/mol.